The monoisotopic (exact) mass is 489 g/mol. The Kier molecular flexibility index (Phi) is 9.65. The van der Waals surface area contributed by atoms with Gasteiger partial charge in [0, 0.05) is 18.8 Å². The van der Waals surface area contributed by atoms with Gasteiger partial charge < -0.3 is 15.8 Å². The van der Waals surface area contributed by atoms with E-state index >= 15 is 0 Å². The average Bonchev–Trinajstić information content (AvgIpc) is 2.88. The number of carbonyl (C=O) groups is 1. The predicted molar refractivity (Wildman–Crippen MR) is 141 cm³/mol. The summed E-state index contributed by atoms with van der Waals surface area (Å²) in [6.07, 6.45) is 4.54. The van der Waals surface area contributed by atoms with Gasteiger partial charge in [-0.2, -0.15) is 4.39 Å². The fourth-order valence-corrected chi connectivity index (χ4v) is 3.86. The van der Waals surface area contributed by atoms with Crippen molar-refractivity contribution in [1.82, 2.24) is 5.32 Å². The Balaban J connectivity index is 1.95. The molecule has 0 fully saturated rings. The molecule has 0 atom stereocenters. The third-order valence-electron chi connectivity index (χ3n) is 5.59. The zero-order valence-electron chi connectivity index (χ0n) is 20.1. The molecule has 3 aromatic rings. The first-order valence-corrected chi connectivity index (χ1v) is 11.6. The van der Waals surface area contributed by atoms with Gasteiger partial charge in [0.05, 0.1) is 5.56 Å². The van der Waals surface area contributed by atoms with Crippen molar-refractivity contribution in [2.45, 2.75) is 13.3 Å². The molecular weight excluding hydrogens is 460 g/mol. The second-order valence-corrected chi connectivity index (χ2v) is 7.97. The van der Waals surface area contributed by atoms with Crippen LogP contribution in [-0.4, -0.2) is 31.9 Å². The van der Waals surface area contributed by atoms with E-state index in [0.29, 0.717) is 37.4 Å². The molecule has 36 heavy (non-hydrogen) atoms. The van der Waals surface area contributed by atoms with Gasteiger partial charge in [-0.3, -0.25) is 10.2 Å². The molecule has 0 aliphatic heterocycles. The first-order chi connectivity index (χ1) is 17.4. The molecule has 0 aromatic heterocycles. The zero-order chi connectivity index (χ0) is 25.9. The number of nitrogen functional groups attached to an aromatic ring is 1. The molecule has 3 aromatic carbocycles. The van der Waals surface area contributed by atoms with E-state index in [1.165, 1.54) is 18.2 Å². The minimum Gasteiger partial charge on any atom is -0.492 e. The van der Waals surface area contributed by atoms with E-state index < -0.39 is 5.97 Å². The van der Waals surface area contributed by atoms with E-state index in [0.717, 1.165) is 28.6 Å². The van der Waals surface area contributed by atoms with Crippen molar-refractivity contribution in [3.05, 3.63) is 107 Å². The summed E-state index contributed by atoms with van der Waals surface area (Å²) in [6, 6.07) is 18.8. The van der Waals surface area contributed by atoms with E-state index in [9.17, 15) is 13.6 Å². The highest BCUT2D eigenvalue weighted by molar-refractivity contribution is 6.02. The van der Waals surface area contributed by atoms with E-state index in [1.54, 1.807) is 36.4 Å². The van der Waals surface area contributed by atoms with Gasteiger partial charge in [-0.15, -0.1) is 0 Å². The number of nitrogens with two attached hydrogens (primary N) is 1. The van der Waals surface area contributed by atoms with Crippen molar-refractivity contribution in [1.29, 1.82) is 5.41 Å². The first kappa shape index (κ1) is 26.5. The number of halogens is 2. The Hall–Kier alpha value is -4.10. The molecule has 0 heterocycles. The Morgan fingerprint density at radius 1 is 1.03 bits per heavy atom. The summed E-state index contributed by atoms with van der Waals surface area (Å²) < 4.78 is 33.3. The van der Waals surface area contributed by atoms with Crippen molar-refractivity contribution in [2.24, 2.45) is 0 Å². The number of aldehydes is 1. The molecule has 0 amide bonds. The first-order valence-electron chi connectivity index (χ1n) is 11.6. The number of carbonyl (C=O) groups excluding carboxylic acids is 1. The lowest BCUT2D eigenvalue weighted by atomic mass is 9.87. The van der Waals surface area contributed by atoms with Gasteiger partial charge in [-0.1, -0.05) is 43.3 Å². The summed E-state index contributed by atoms with van der Waals surface area (Å²) in [5.74, 6) is -0.744. The minimum atomic E-state index is -1.10. The van der Waals surface area contributed by atoms with E-state index in [-0.39, 0.29) is 17.1 Å². The van der Waals surface area contributed by atoms with Crippen LogP contribution in [-0.2, 0) is 4.79 Å². The van der Waals surface area contributed by atoms with Gasteiger partial charge in [0.15, 0.2) is 0 Å². The summed E-state index contributed by atoms with van der Waals surface area (Å²) in [5.41, 5.74) is 10.3. The molecule has 0 aliphatic carbocycles. The van der Waals surface area contributed by atoms with Crippen LogP contribution in [0.25, 0.3) is 11.1 Å². The van der Waals surface area contributed by atoms with Crippen molar-refractivity contribution in [2.75, 3.05) is 25.4 Å². The third kappa shape index (κ3) is 6.96. The lowest BCUT2D eigenvalue weighted by Gasteiger charge is -2.18. The Labute approximate surface area is 209 Å². The maximum absolute atomic E-state index is 13.9. The molecule has 0 spiro atoms. The number of ether oxygens (including phenoxy) is 1. The summed E-state index contributed by atoms with van der Waals surface area (Å²) in [4.78, 5) is 10.3. The number of hydrogen-bond acceptors (Lipinski definition) is 5. The topological polar surface area (TPSA) is 88.2 Å². The van der Waals surface area contributed by atoms with Gasteiger partial charge in [-0.05, 0) is 76.7 Å². The van der Waals surface area contributed by atoms with E-state index in [4.69, 9.17) is 15.9 Å². The zero-order valence-corrected chi connectivity index (χ0v) is 20.1. The molecule has 0 unspecified atom stereocenters. The van der Waals surface area contributed by atoms with Crippen LogP contribution in [0.2, 0.25) is 0 Å². The van der Waals surface area contributed by atoms with Crippen LogP contribution in [0, 0.1) is 11.2 Å². The molecule has 0 bridgehead atoms. The quantitative estimate of drug-likeness (QED) is 0.0750. The van der Waals surface area contributed by atoms with Gasteiger partial charge in [0.2, 0.25) is 5.97 Å². The number of allylic oxidation sites excluding steroid dienone is 2. The fourth-order valence-electron chi connectivity index (χ4n) is 3.86. The summed E-state index contributed by atoms with van der Waals surface area (Å²) in [5, 5.41) is 10.6. The van der Waals surface area contributed by atoms with Gasteiger partial charge >= 0.3 is 0 Å². The number of hydrogen-bond donors (Lipinski definition) is 3. The number of anilines is 1. The molecule has 4 N–H and O–H groups in total. The number of rotatable bonds is 12. The van der Waals surface area contributed by atoms with Crippen LogP contribution in [0.15, 0.2) is 78.9 Å². The maximum Gasteiger partial charge on any atom is 0.214 e. The lowest BCUT2D eigenvalue weighted by molar-refractivity contribution is -0.104. The molecule has 0 radical (unpaired) electrons. The molecule has 5 nitrogen and oxygen atoms in total. The SMILES string of the molecule is CC/C(=C(/c1ccc(OCCNC/C=C/C=O)cc1)c1ccc(N)c(C(=N)F)c1)c1ccc(F)cc1. The predicted octanol–water partition coefficient (Wildman–Crippen LogP) is 5.80. The van der Waals surface area contributed by atoms with Crippen molar-refractivity contribution >= 4 is 29.1 Å². The van der Waals surface area contributed by atoms with Gasteiger partial charge in [0.25, 0.3) is 0 Å². The summed E-state index contributed by atoms with van der Waals surface area (Å²) >= 11 is 0. The van der Waals surface area contributed by atoms with E-state index in [2.05, 4.69) is 5.32 Å². The number of nitrogens with one attached hydrogen (secondary N) is 2. The summed E-state index contributed by atoms with van der Waals surface area (Å²) in [7, 11) is 0. The van der Waals surface area contributed by atoms with Crippen LogP contribution in [0.4, 0.5) is 14.5 Å². The standard InChI is InChI=1S/C29H29F2N3O2/c1-2-25(20-5-10-23(30)11-6-20)28(22-9-14-27(32)26(19-22)29(31)33)21-7-12-24(13-8-21)36-18-16-34-15-3-4-17-35/h3-14,17,19,33-34H,2,15-16,18,32H2,1H3/b4-3+,28-25+,33-29?. The molecule has 0 aliphatic rings. The highest BCUT2D eigenvalue weighted by Gasteiger charge is 2.16. The van der Waals surface area contributed by atoms with Crippen LogP contribution in [0.1, 0.15) is 35.6 Å². The largest absolute Gasteiger partial charge is 0.492 e. The van der Waals surface area contributed by atoms with Gasteiger partial charge in [0.1, 0.15) is 24.5 Å². The van der Waals surface area contributed by atoms with Crippen LogP contribution >= 0.6 is 0 Å². The van der Waals surface area contributed by atoms with Crippen molar-refractivity contribution in [3.63, 3.8) is 0 Å². The number of benzene rings is 3. The average molecular weight is 490 g/mol. The molecule has 3 rings (SSSR count). The van der Waals surface area contributed by atoms with Gasteiger partial charge in [-0.25, -0.2) is 4.39 Å². The van der Waals surface area contributed by atoms with Crippen LogP contribution in [0.3, 0.4) is 0 Å². The Bertz CT molecular complexity index is 1250. The molecule has 186 valence electrons. The highest BCUT2D eigenvalue weighted by Crippen LogP contribution is 2.36. The molecule has 0 saturated heterocycles. The molecular formula is C29H29F2N3O2. The molecule has 0 saturated carbocycles. The lowest BCUT2D eigenvalue weighted by Crippen LogP contribution is -2.21. The summed E-state index contributed by atoms with van der Waals surface area (Å²) in [6.45, 7) is 3.65. The Morgan fingerprint density at radius 2 is 1.69 bits per heavy atom. The third-order valence-corrected chi connectivity index (χ3v) is 5.59. The smallest absolute Gasteiger partial charge is 0.214 e. The van der Waals surface area contributed by atoms with Crippen LogP contribution in [0.5, 0.6) is 5.75 Å². The molecule has 7 heteroatoms. The second-order valence-electron chi connectivity index (χ2n) is 7.97. The maximum atomic E-state index is 13.9. The van der Waals surface area contributed by atoms with Crippen LogP contribution < -0.4 is 15.8 Å². The highest BCUT2D eigenvalue weighted by atomic mass is 19.1. The Morgan fingerprint density at radius 3 is 2.33 bits per heavy atom. The van der Waals surface area contributed by atoms with E-state index in [1.807, 2.05) is 31.2 Å². The normalized spacial score (nSPS) is 11.9. The second kappa shape index (κ2) is 13.1. The minimum absolute atomic E-state index is 0.0231. The fraction of sp³-hybridized carbons (Fsp3) is 0.172. The van der Waals surface area contributed by atoms with Crippen molar-refractivity contribution < 1.29 is 18.3 Å². The van der Waals surface area contributed by atoms with Crippen molar-refractivity contribution in [3.8, 4) is 5.75 Å².